The molecule has 0 saturated carbocycles. The van der Waals surface area contributed by atoms with Crippen molar-refractivity contribution in [3.63, 3.8) is 0 Å². The van der Waals surface area contributed by atoms with Gasteiger partial charge < -0.3 is 15.0 Å². The maximum Gasteiger partial charge on any atom is 0.316 e. The van der Waals surface area contributed by atoms with E-state index < -0.39 is 24.4 Å². The molecule has 0 fully saturated rings. The van der Waals surface area contributed by atoms with Crippen molar-refractivity contribution in [3.8, 4) is 0 Å². The third-order valence-electron chi connectivity index (χ3n) is 6.27. The SMILES string of the molecule is CCCCCCC(C(C)(C(=O)O)c1cc2ccccc2[nH]1)P(=O)(O)Cc1ccccc1. The molecule has 3 rings (SSSR count). The molecule has 5 nitrogen and oxygen atoms in total. The third-order valence-corrected chi connectivity index (χ3v) is 8.84. The third kappa shape index (κ3) is 5.11. The van der Waals surface area contributed by atoms with E-state index >= 15 is 0 Å². The number of unbranched alkanes of at least 4 members (excludes halogenated alkanes) is 3. The lowest BCUT2D eigenvalue weighted by molar-refractivity contribution is -0.143. The second-order valence-corrected chi connectivity index (χ2v) is 11.0. The van der Waals surface area contributed by atoms with Crippen LogP contribution in [0.15, 0.2) is 60.7 Å². The smallest absolute Gasteiger partial charge is 0.316 e. The van der Waals surface area contributed by atoms with Crippen LogP contribution in [0.25, 0.3) is 10.9 Å². The summed E-state index contributed by atoms with van der Waals surface area (Å²) in [6.45, 7) is 3.70. The molecule has 1 aromatic heterocycles. The minimum atomic E-state index is -3.86. The Morgan fingerprint density at radius 2 is 1.74 bits per heavy atom. The first-order valence-electron chi connectivity index (χ1n) is 11.0. The summed E-state index contributed by atoms with van der Waals surface area (Å²) in [5.74, 6) is -1.08. The molecular weight excluding hydrogens is 409 g/mol. The van der Waals surface area contributed by atoms with Gasteiger partial charge in [0.2, 0.25) is 7.37 Å². The Labute approximate surface area is 184 Å². The van der Waals surface area contributed by atoms with Crippen LogP contribution in [-0.4, -0.2) is 26.6 Å². The van der Waals surface area contributed by atoms with Gasteiger partial charge in [-0.05, 0) is 36.4 Å². The maximum absolute atomic E-state index is 13.8. The number of rotatable bonds is 11. The average Bonchev–Trinajstić information content (AvgIpc) is 3.18. The Morgan fingerprint density at radius 1 is 1.06 bits per heavy atom. The number of H-pyrrole nitrogens is 1. The standard InChI is InChI=1S/C25H32NO4P/c1-3-4-5-9-16-23(31(29,30)18-19-12-7-6-8-13-19)25(2,24(27)28)22-17-20-14-10-11-15-21(20)26-22/h6-8,10-15,17,23,26H,3-5,9,16,18H2,1-2H3,(H,27,28)(H,29,30). The van der Waals surface area contributed by atoms with Crippen molar-refractivity contribution in [3.05, 3.63) is 71.9 Å². The molecule has 0 saturated heterocycles. The van der Waals surface area contributed by atoms with Crippen LogP contribution in [0.3, 0.4) is 0 Å². The zero-order chi connectivity index (χ0) is 22.5. The molecule has 0 radical (unpaired) electrons. The molecule has 2 aromatic carbocycles. The zero-order valence-electron chi connectivity index (χ0n) is 18.3. The molecule has 0 aliphatic heterocycles. The van der Waals surface area contributed by atoms with Gasteiger partial charge in [-0.25, -0.2) is 0 Å². The molecule has 3 atom stereocenters. The van der Waals surface area contributed by atoms with Gasteiger partial charge in [0.1, 0.15) is 5.41 Å². The van der Waals surface area contributed by atoms with Crippen molar-refractivity contribution in [2.45, 2.75) is 63.2 Å². The highest BCUT2D eigenvalue weighted by Gasteiger charge is 2.51. The summed E-state index contributed by atoms with van der Waals surface area (Å²) < 4.78 is 13.8. The molecule has 3 unspecified atom stereocenters. The van der Waals surface area contributed by atoms with Gasteiger partial charge in [-0.15, -0.1) is 0 Å². The monoisotopic (exact) mass is 441 g/mol. The maximum atomic E-state index is 13.8. The van der Waals surface area contributed by atoms with E-state index in [1.165, 1.54) is 0 Å². The number of aromatic nitrogens is 1. The fourth-order valence-electron chi connectivity index (χ4n) is 4.40. The molecule has 1 heterocycles. The van der Waals surface area contributed by atoms with Gasteiger partial charge in [-0.3, -0.25) is 9.36 Å². The van der Waals surface area contributed by atoms with Gasteiger partial charge in [0.15, 0.2) is 0 Å². The average molecular weight is 442 g/mol. The largest absolute Gasteiger partial charge is 0.481 e. The van der Waals surface area contributed by atoms with E-state index in [4.69, 9.17) is 0 Å². The molecule has 0 aliphatic carbocycles. The summed E-state index contributed by atoms with van der Waals surface area (Å²) in [6.07, 6.45) is 4.07. The fraction of sp³-hybridized carbons (Fsp3) is 0.400. The highest BCUT2D eigenvalue weighted by Crippen LogP contribution is 2.58. The number of nitrogens with one attached hydrogen (secondary N) is 1. The Morgan fingerprint density at radius 3 is 2.39 bits per heavy atom. The fourth-order valence-corrected chi connectivity index (χ4v) is 7.00. The first-order chi connectivity index (χ1) is 14.8. The molecule has 166 valence electrons. The van der Waals surface area contributed by atoms with Crippen molar-refractivity contribution in [1.82, 2.24) is 4.98 Å². The van der Waals surface area contributed by atoms with E-state index in [9.17, 15) is 19.4 Å². The molecule has 3 N–H and O–H groups in total. The van der Waals surface area contributed by atoms with Crippen LogP contribution in [0.5, 0.6) is 0 Å². The number of carbonyl (C=O) groups is 1. The van der Waals surface area contributed by atoms with E-state index in [2.05, 4.69) is 11.9 Å². The number of hydrogen-bond acceptors (Lipinski definition) is 2. The molecular formula is C25H32NO4P. The highest BCUT2D eigenvalue weighted by atomic mass is 31.2. The van der Waals surface area contributed by atoms with Gasteiger partial charge in [-0.2, -0.15) is 0 Å². The quantitative estimate of drug-likeness (QED) is 0.240. The van der Waals surface area contributed by atoms with Crippen LogP contribution in [0.2, 0.25) is 0 Å². The van der Waals surface area contributed by atoms with Gasteiger partial charge in [0.25, 0.3) is 0 Å². The van der Waals surface area contributed by atoms with Crippen LogP contribution in [0, 0.1) is 0 Å². The normalized spacial score (nSPS) is 16.5. The van der Waals surface area contributed by atoms with E-state index in [1.54, 1.807) is 6.92 Å². The lowest BCUT2D eigenvalue weighted by Gasteiger charge is -2.36. The number of hydrogen-bond donors (Lipinski definition) is 3. The van der Waals surface area contributed by atoms with Crippen LogP contribution in [0.1, 0.15) is 57.2 Å². The zero-order valence-corrected chi connectivity index (χ0v) is 19.1. The Kier molecular flexibility index (Phi) is 7.40. The van der Waals surface area contributed by atoms with Crippen molar-refractivity contribution >= 4 is 24.2 Å². The number of para-hydroxylation sites is 1. The lowest BCUT2D eigenvalue weighted by Crippen LogP contribution is -2.44. The summed E-state index contributed by atoms with van der Waals surface area (Å²) in [7, 11) is -3.86. The van der Waals surface area contributed by atoms with Crippen LogP contribution in [-0.2, 0) is 20.9 Å². The number of carboxylic acid groups (broad SMARTS) is 1. The van der Waals surface area contributed by atoms with Crippen LogP contribution >= 0.6 is 7.37 Å². The minimum Gasteiger partial charge on any atom is -0.481 e. The van der Waals surface area contributed by atoms with E-state index in [0.29, 0.717) is 12.1 Å². The number of aliphatic carboxylic acids is 1. The molecule has 3 aromatic rings. The van der Waals surface area contributed by atoms with Crippen molar-refractivity contribution < 1.29 is 19.4 Å². The number of benzene rings is 2. The predicted octanol–water partition coefficient (Wildman–Crippen LogP) is 6.32. The van der Waals surface area contributed by atoms with Gasteiger partial charge in [0, 0.05) is 17.4 Å². The van der Waals surface area contributed by atoms with Crippen molar-refractivity contribution in [2.24, 2.45) is 0 Å². The summed E-state index contributed by atoms with van der Waals surface area (Å²) in [6, 6.07) is 18.6. The molecule has 31 heavy (non-hydrogen) atoms. The van der Waals surface area contributed by atoms with Crippen LogP contribution in [0.4, 0.5) is 0 Å². The van der Waals surface area contributed by atoms with Crippen molar-refractivity contribution in [2.75, 3.05) is 0 Å². The molecule has 0 amide bonds. The van der Waals surface area contributed by atoms with Crippen molar-refractivity contribution in [1.29, 1.82) is 0 Å². The van der Waals surface area contributed by atoms with Gasteiger partial charge >= 0.3 is 5.97 Å². The predicted molar refractivity (Wildman–Crippen MR) is 126 cm³/mol. The lowest BCUT2D eigenvalue weighted by atomic mass is 9.80. The first kappa shape index (κ1) is 23.3. The summed E-state index contributed by atoms with van der Waals surface area (Å²) >= 11 is 0. The van der Waals surface area contributed by atoms with E-state index in [-0.39, 0.29) is 6.16 Å². The van der Waals surface area contributed by atoms with E-state index in [0.717, 1.165) is 42.1 Å². The van der Waals surface area contributed by atoms with Gasteiger partial charge in [-0.1, -0.05) is 81.1 Å². The summed E-state index contributed by atoms with van der Waals surface area (Å²) in [5.41, 5.74) is -0.363. The second kappa shape index (κ2) is 9.84. The van der Waals surface area contributed by atoms with Crippen LogP contribution < -0.4 is 0 Å². The highest BCUT2D eigenvalue weighted by molar-refractivity contribution is 7.58. The minimum absolute atomic E-state index is 0.0324. The summed E-state index contributed by atoms with van der Waals surface area (Å²) in [5, 5.41) is 11.3. The second-order valence-electron chi connectivity index (χ2n) is 8.54. The van der Waals surface area contributed by atoms with Gasteiger partial charge in [0.05, 0.1) is 5.66 Å². The summed E-state index contributed by atoms with van der Waals surface area (Å²) in [4.78, 5) is 27.2. The molecule has 0 bridgehead atoms. The molecule has 6 heteroatoms. The van der Waals surface area contributed by atoms with E-state index in [1.807, 2.05) is 60.7 Å². The molecule has 0 spiro atoms. The number of aromatic amines is 1. The Hall–Kier alpha value is -2.36. The topological polar surface area (TPSA) is 90.4 Å². The Bertz CT molecular complexity index is 1030. The first-order valence-corrected chi connectivity index (χ1v) is 12.9. The Balaban J connectivity index is 2.04. The molecule has 0 aliphatic rings. The number of carboxylic acids is 1. The number of fused-ring (bicyclic) bond motifs is 1.